The fraction of sp³-hybridized carbons (Fsp3) is 0.776. The highest BCUT2D eigenvalue weighted by Crippen LogP contribution is 2.15. The molecular formula is C58H103NO7. The van der Waals surface area contributed by atoms with Gasteiger partial charge in [0, 0.05) is 19.3 Å². The predicted octanol–water partition coefficient (Wildman–Crippen LogP) is 14.8. The van der Waals surface area contributed by atoms with Gasteiger partial charge >= 0.3 is 11.9 Å². The molecule has 0 aliphatic heterocycles. The molecule has 0 spiro atoms. The van der Waals surface area contributed by atoms with E-state index in [1.54, 1.807) is 21.1 Å². The topological polar surface area (TPSA) is 102 Å². The summed E-state index contributed by atoms with van der Waals surface area (Å²) in [6, 6.07) is -0.730. The first-order valence-corrected chi connectivity index (χ1v) is 27.3. The molecule has 0 amide bonds. The number of aliphatic carboxylic acids is 1. The molecule has 382 valence electrons. The maximum atomic E-state index is 12.8. The summed E-state index contributed by atoms with van der Waals surface area (Å²) >= 11 is 0. The Morgan fingerprint density at radius 3 is 1.27 bits per heavy atom. The maximum absolute atomic E-state index is 12.8. The van der Waals surface area contributed by atoms with Crippen LogP contribution in [0.2, 0.25) is 0 Å². The molecule has 0 aliphatic carbocycles. The first-order valence-electron chi connectivity index (χ1n) is 27.3. The van der Waals surface area contributed by atoms with Gasteiger partial charge < -0.3 is 28.6 Å². The van der Waals surface area contributed by atoms with Crippen LogP contribution in [0.5, 0.6) is 0 Å². The Morgan fingerprint density at radius 1 is 0.470 bits per heavy atom. The van der Waals surface area contributed by atoms with Gasteiger partial charge in [-0.05, 0) is 77.0 Å². The van der Waals surface area contributed by atoms with Crippen molar-refractivity contribution in [2.45, 2.75) is 251 Å². The number of carbonyl (C=O) groups excluding carboxylic acids is 3. The number of likely N-dealkylation sites (N-methyl/N-ethyl adjacent to an activating group) is 1. The Labute approximate surface area is 407 Å². The van der Waals surface area contributed by atoms with Crippen molar-refractivity contribution in [3.05, 3.63) is 60.8 Å². The van der Waals surface area contributed by atoms with E-state index in [0.29, 0.717) is 12.8 Å². The van der Waals surface area contributed by atoms with Crippen molar-refractivity contribution in [3.63, 3.8) is 0 Å². The number of esters is 2. The van der Waals surface area contributed by atoms with Gasteiger partial charge in [-0.15, -0.1) is 0 Å². The van der Waals surface area contributed by atoms with Crippen molar-refractivity contribution >= 4 is 17.9 Å². The zero-order chi connectivity index (χ0) is 48.4. The van der Waals surface area contributed by atoms with Crippen LogP contribution in [0.25, 0.3) is 0 Å². The third-order valence-electron chi connectivity index (χ3n) is 12.1. The smallest absolute Gasteiger partial charge is 0.306 e. The van der Waals surface area contributed by atoms with Crippen molar-refractivity contribution in [1.82, 2.24) is 0 Å². The lowest BCUT2D eigenvalue weighted by molar-refractivity contribution is -0.889. The summed E-state index contributed by atoms with van der Waals surface area (Å²) in [5.74, 6) is -1.74. The number of carbonyl (C=O) groups is 3. The lowest BCUT2D eigenvalue weighted by atomic mass is 10.1. The highest BCUT2D eigenvalue weighted by atomic mass is 16.6. The largest absolute Gasteiger partial charge is 0.544 e. The molecule has 0 aromatic carbocycles. The van der Waals surface area contributed by atoms with Crippen LogP contribution in [-0.2, 0) is 28.6 Å². The maximum Gasteiger partial charge on any atom is 0.306 e. The SMILES string of the molecule is CC/C=C/C/C=C/C/C=C/C/C=C/CCCCCCCCCCCC(=O)OCC(COCCC(C(=O)[O-])[N+](C)(C)C)OC(=O)CCCCCCCCC/C=C/CCCCCCCCCCC. The second-order valence-electron chi connectivity index (χ2n) is 19.4. The number of nitrogens with zero attached hydrogens (tertiary/aromatic N) is 1. The van der Waals surface area contributed by atoms with E-state index in [1.165, 1.54) is 135 Å². The van der Waals surface area contributed by atoms with Crippen molar-refractivity contribution in [1.29, 1.82) is 0 Å². The molecular weight excluding hydrogens is 823 g/mol. The normalized spacial score (nSPS) is 13.3. The quantitative estimate of drug-likeness (QED) is 0.0259. The lowest BCUT2D eigenvalue weighted by Gasteiger charge is -2.34. The second-order valence-corrected chi connectivity index (χ2v) is 19.4. The molecule has 66 heavy (non-hydrogen) atoms. The Hall–Kier alpha value is -2.97. The fourth-order valence-corrected chi connectivity index (χ4v) is 7.94. The van der Waals surface area contributed by atoms with E-state index in [1.807, 2.05) is 0 Å². The number of allylic oxidation sites excluding steroid dienone is 10. The average molecular weight is 926 g/mol. The Bertz CT molecular complexity index is 1260. The molecule has 0 rings (SSSR count). The zero-order valence-corrected chi connectivity index (χ0v) is 43.6. The number of carboxylic acids is 1. The van der Waals surface area contributed by atoms with E-state index in [9.17, 15) is 19.5 Å². The number of carboxylic acid groups (broad SMARTS) is 1. The summed E-state index contributed by atoms with van der Waals surface area (Å²) in [6.45, 7) is 4.57. The number of unbranched alkanes of at least 4 members (excludes halogenated alkanes) is 25. The summed E-state index contributed by atoms with van der Waals surface area (Å²) in [4.78, 5) is 37.1. The summed E-state index contributed by atoms with van der Waals surface area (Å²) in [7, 11) is 5.42. The monoisotopic (exact) mass is 926 g/mol. The van der Waals surface area contributed by atoms with Gasteiger partial charge in [-0.2, -0.15) is 0 Å². The second kappa shape index (κ2) is 48.5. The Morgan fingerprint density at radius 2 is 0.848 bits per heavy atom. The lowest BCUT2D eigenvalue weighted by Crippen LogP contribution is -2.55. The third kappa shape index (κ3) is 46.2. The van der Waals surface area contributed by atoms with Gasteiger partial charge in [-0.3, -0.25) is 9.59 Å². The standard InChI is InChI=1S/C58H103NO7/c1-6-8-10-12-14-16-18-20-22-24-26-28-29-31-32-34-36-38-40-42-44-46-48-56(60)65-53-54(52-64-51-50-55(58(62)63)59(3,4)5)66-57(61)49-47-45-43-41-39-37-35-33-30-27-25-23-21-19-17-15-13-11-9-7-2/h8,10,14,16,20,22,26-28,30,54-55H,6-7,9,11-13,15,17-19,21,23-25,29,31-53H2,1-5H3/b10-8+,16-14+,22-20+,28-26+,30-27+. The third-order valence-corrected chi connectivity index (χ3v) is 12.1. The number of ether oxygens (including phenoxy) is 3. The summed E-state index contributed by atoms with van der Waals surface area (Å²) in [5.41, 5.74) is 0. The van der Waals surface area contributed by atoms with Crippen molar-refractivity contribution in [3.8, 4) is 0 Å². The van der Waals surface area contributed by atoms with E-state index >= 15 is 0 Å². The predicted molar refractivity (Wildman–Crippen MR) is 277 cm³/mol. The van der Waals surface area contributed by atoms with Crippen LogP contribution in [0, 0.1) is 0 Å². The first kappa shape index (κ1) is 63.0. The highest BCUT2D eigenvalue weighted by Gasteiger charge is 2.25. The number of hydrogen-bond donors (Lipinski definition) is 0. The molecule has 0 radical (unpaired) electrons. The minimum atomic E-state index is -1.13. The number of rotatable bonds is 49. The molecule has 8 nitrogen and oxygen atoms in total. The van der Waals surface area contributed by atoms with E-state index in [0.717, 1.165) is 70.6 Å². The van der Waals surface area contributed by atoms with Gasteiger partial charge in [0.2, 0.25) is 0 Å². The van der Waals surface area contributed by atoms with Crippen LogP contribution in [-0.4, -0.2) is 75.5 Å². The molecule has 2 atom stereocenters. The van der Waals surface area contributed by atoms with Crippen molar-refractivity contribution in [2.24, 2.45) is 0 Å². The average Bonchev–Trinajstić information content (AvgIpc) is 3.28. The van der Waals surface area contributed by atoms with Gasteiger partial charge in [0.1, 0.15) is 12.6 Å². The Balaban J connectivity index is 4.22. The molecule has 0 heterocycles. The van der Waals surface area contributed by atoms with Crippen LogP contribution in [0.4, 0.5) is 0 Å². The molecule has 0 saturated carbocycles. The van der Waals surface area contributed by atoms with Crippen LogP contribution < -0.4 is 5.11 Å². The zero-order valence-electron chi connectivity index (χ0n) is 43.6. The fourth-order valence-electron chi connectivity index (χ4n) is 7.94. The number of hydrogen-bond acceptors (Lipinski definition) is 7. The number of quaternary nitrogens is 1. The summed E-state index contributed by atoms with van der Waals surface area (Å²) in [5, 5.41) is 11.7. The van der Waals surface area contributed by atoms with E-state index < -0.39 is 18.1 Å². The van der Waals surface area contributed by atoms with E-state index in [2.05, 4.69) is 74.6 Å². The van der Waals surface area contributed by atoms with Gasteiger partial charge in [0.25, 0.3) is 0 Å². The molecule has 0 aromatic rings. The molecule has 2 unspecified atom stereocenters. The Kier molecular flexibility index (Phi) is 46.3. The molecule has 0 saturated heterocycles. The molecule has 0 N–H and O–H groups in total. The van der Waals surface area contributed by atoms with E-state index in [4.69, 9.17) is 14.2 Å². The summed E-state index contributed by atoms with van der Waals surface area (Å²) in [6.07, 6.45) is 61.1. The highest BCUT2D eigenvalue weighted by molar-refractivity contribution is 5.70. The summed E-state index contributed by atoms with van der Waals surface area (Å²) < 4.78 is 17.3. The van der Waals surface area contributed by atoms with E-state index in [-0.39, 0.29) is 42.7 Å². The molecule has 0 bridgehead atoms. The van der Waals surface area contributed by atoms with Gasteiger partial charge in [-0.25, -0.2) is 0 Å². The van der Waals surface area contributed by atoms with Crippen molar-refractivity contribution in [2.75, 3.05) is 41.0 Å². The van der Waals surface area contributed by atoms with Crippen LogP contribution in [0.15, 0.2) is 60.8 Å². The van der Waals surface area contributed by atoms with Gasteiger partial charge in [0.05, 0.1) is 40.3 Å². The molecule has 0 aromatic heterocycles. The van der Waals surface area contributed by atoms with Crippen molar-refractivity contribution < 1.29 is 38.2 Å². The van der Waals surface area contributed by atoms with Crippen LogP contribution >= 0.6 is 0 Å². The minimum Gasteiger partial charge on any atom is -0.544 e. The van der Waals surface area contributed by atoms with Crippen LogP contribution in [0.3, 0.4) is 0 Å². The van der Waals surface area contributed by atoms with Gasteiger partial charge in [0.15, 0.2) is 6.10 Å². The first-order chi connectivity index (χ1) is 32.1. The molecule has 0 aliphatic rings. The molecule has 8 heteroatoms. The molecule has 0 fully saturated rings. The van der Waals surface area contributed by atoms with Gasteiger partial charge in [-0.1, -0.05) is 203 Å². The minimum absolute atomic E-state index is 0.0365. The van der Waals surface area contributed by atoms with Crippen LogP contribution in [0.1, 0.15) is 239 Å².